The van der Waals surface area contributed by atoms with E-state index in [0.717, 1.165) is 21.0 Å². The Kier molecular flexibility index (Phi) is 3.17. The molecule has 0 spiro atoms. The molecular weight excluding hydrogens is 338 g/mol. The standard InChI is InChI=1S/C15H10BrNO4/c16-11-4-2-1-3-8(11)7-17-14(20)10-5-9(18)6-12(19)13(10)15(17)21/h1-6,18-19H,7H2. The molecule has 106 valence electrons. The maximum Gasteiger partial charge on any atom is 0.265 e. The quantitative estimate of drug-likeness (QED) is 0.818. The molecule has 1 aliphatic heterocycles. The van der Waals surface area contributed by atoms with Gasteiger partial charge in [-0.05, 0) is 17.7 Å². The summed E-state index contributed by atoms with van der Waals surface area (Å²) in [6.07, 6.45) is 0. The largest absolute Gasteiger partial charge is 0.508 e. The second kappa shape index (κ2) is 4.89. The predicted molar refractivity (Wildman–Crippen MR) is 78.1 cm³/mol. The van der Waals surface area contributed by atoms with Crippen molar-refractivity contribution in [3.05, 3.63) is 57.6 Å². The Morgan fingerprint density at radius 3 is 2.48 bits per heavy atom. The Bertz CT molecular complexity index is 772. The summed E-state index contributed by atoms with van der Waals surface area (Å²) < 4.78 is 0.786. The lowest BCUT2D eigenvalue weighted by Gasteiger charge is -2.14. The molecule has 2 aromatic rings. The number of carbonyl (C=O) groups is 2. The van der Waals surface area contributed by atoms with E-state index < -0.39 is 17.6 Å². The van der Waals surface area contributed by atoms with Crippen LogP contribution in [0.4, 0.5) is 0 Å². The zero-order valence-electron chi connectivity index (χ0n) is 10.7. The molecule has 1 aliphatic rings. The lowest BCUT2D eigenvalue weighted by atomic mass is 10.1. The van der Waals surface area contributed by atoms with Gasteiger partial charge < -0.3 is 10.2 Å². The summed E-state index contributed by atoms with van der Waals surface area (Å²) in [5.74, 6) is -1.74. The SMILES string of the molecule is O=C1c2cc(O)cc(O)c2C(=O)N1Cc1ccccc1Br. The monoisotopic (exact) mass is 347 g/mol. The third kappa shape index (κ3) is 2.17. The van der Waals surface area contributed by atoms with E-state index in [4.69, 9.17) is 0 Å². The van der Waals surface area contributed by atoms with Gasteiger partial charge in [0.25, 0.3) is 11.8 Å². The van der Waals surface area contributed by atoms with Crippen molar-refractivity contribution in [2.45, 2.75) is 6.54 Å². The third-order valence-electron chi connectivity index (χ3n) is 3.32. The molecule has 1 heterocycles. The van der Waals surface area contributed by atoms with E-state index in [1.54, 1.807) is 6.07 Å². The Morgan fingerprint density at radius 1 is 1.05 bits per heavy atom. The van der Waals surface area contributed by atoms with Gasteiger partial charge in [-0.3, -0.25) is 14.5 Å². The summed E-state index contributed by atoms with van der Waals surface area (Å²) in [5.41, 5.74) is 0.727. The third-order valence-corrected chi connectivity index (χ3v) is 4.10. The number of imide groups is 1. The van der Waals surface area contributed by atoms with Crippen molar-refractivity contribution in [1.82, 2.24) is 4.90 Å². The first kappa shape index (κ1) is 13.6. The van der Waals surface area contributed by atoms with E-state index in [2.05, 4.69) is 15.9 Å². The number of hydrogen-bond acceptors (Lipinski definition) is 4. The maximum absolute atomic E-state index is 12.3. The molecule has 0 bridgehead atoms. The van der Waals surface area contributed by atoms with Crippen molar-refractivity contribution in [2.24, 2.45) is 0 Å². The van der Waals surface area contributed by atoms with Gasteiger partial charge >= 0.3 is 0 Å². The highest BCUT2D eigenvalue weighted by atomic mass is 79.9. The molecule has 0 saturated carbocycles. The summed E-state index contributed by atoms with van der Waals surface area (Å²) in [7, 11) is 0. The van der Waals surface area contributed by atoms with Crippen LogP contribution in [-0.2, 0) is 6.54 Å². The number of phenols is 2. The zero-order chi connectivity index (χ0) is 15.1. The van der Waals surface area contributed by atoms with E-state index in [-0.39, 0.29) is 23.4 Å². The molecule has 2 amide bonds. The number of hydrogen-bond donors (Lipinski definition) is 2. The normalized spacial score (nSPS) is 13.7. The van der Waals surface area contributed by atoms with Gasteiger partial charge in [0.15, 0.2) is 0 Å². The van der Waals surface area contributed by atoms with E-state index in [0.29, 0.717) is 0 Å². The number of amides is 2. The zero-order valence-corrected chi connectivity index (χ0v) is 12.3. The van der Waals surface area contributed by atoms with Gasteiger partial charge in [0.1, 0.15) is 11.5 Å². The van der Waals surface area contributed by atoms with Gasteiger partial charge in [-0.2, -0.15) is 0 Å². The first-order valence-corrected chi connectivity index (χ1v) is 6.94. The first-order valence-electron chi connectivity index (χ1n) is 6.14. The van der Waals surface area contributed by atoms with Crippen LogP contribution in [0, 0.1) is 0 Å². The highest BCUT2D eigenvalue weighted by Gasteiger charge is 2.38. The maximum atomic E-state index is 12.3. The summed E-state index contributed by atoms with van der Waals surface area (Å²) in [4.78, 5) is 25.6. The summed E-state index contributed by atoms with van der Waals surface area (Å²) >= 11 is 3.37. The van der Waals surface area contributed by atoms with Gasteiger partial charge in [-0.15, -0.1) is 0 Å². The molecule has 0 saturated heterocycles. The number of aromatic hydroxyl groups is 2. The average molecular weight is 348 g/mol. The fourth-order valence-electron chi connectivity index (χ4n) is 2.32. The van der Waals surface area contributed by atoms with Crippen LogP contribution in [-0.4, -0.2) is 26.9 Å². The number of fused-ring (bicyclic) bond motifs is 1. The fourth-order valence-corrected chi connectivity index (χ4v) is 2.73. The minimum Gasteiger partial charge on any atom is -0.508 e. The Labute approximate surface area is 128 Å². The molecule has 0 radical (unpaired) electrons. The molecule has 2 aromatic carbocycles. The van der Waals surface area contributed by atoms with Gasteiger partial charge in [-0.1, -0.05) is 34.1 Å². The van der Waals surface area contributed by atoms with Crippen molar-refractivity contribution >= 4 is 27.7 Å². The smallest absolute Gasteiger partial charge is 0.265 e. The molecule has 6 heteroatoms. The van der Waals surface area contributed by atoms with Crippen LogP contribution in [0.25, 0.3) is 0 Å². The Balaban J connectivity index is 2.01. The molecule has 21 heavy (non-hydrogen) atoms. The molecule has 5 nitrogen and oxygen atoms in total. The van der Waals surface area contributed by atoms with Crippen LogP contribution >= 0.6 is 15.9 Å². The molecule has 0 fully saturated rings. The highest BCUT2D eigenvalue weighted by molar-refractivity contribution is 9.10. The summed E-state index contributed by atoms with van der Waals surface area (Å²) in [6, 6.07) is 9.49. The van der Waals surface area contributed by atoms with E-state index >= 15 is 0 Å². The van der Waals surface area contributed by atoms with E-state index in [1.807, 2.05) is 18.2 Å². The predicted octanol–water partition coefficient (Wildman–Crippen LogP) is 2.66. The minimum absolute atomic E-state index is 0.0181. The number of phenolic OH excluding ortho intramolecular Hbond substituents is 2. The van der Waals surface area contributed by atoms with E-state index in [1.165, 1.54) is 6.07 Å². The van der Waals surface area contributed by atoms with Crippen LogP contribution in [0.3, 0.4) is 0 Å². The lowest BCUT2D eigenvalue weighted by Crippen LogP contribution is -2.29. The van der Waals surface area contributed by atoms with Gasteiger partial charge in [0, 0.05) is 10.5 Å². The Morgan fingerprint density at radius 2 is 1.76 bits per heavy atom. The molecule has 0 aromatic heterocycles. The van der Waals surface area contributed by atoms with Crippen molar-refractivity contribution < 1.29 is 19.8 Å². The van der Waals surface area contributed by atoms with Crippen molar-refractivity contribution in [2.75, 3.05) is 0 Å². The average Bonchev–Trinajstić information content (AvgIpc) is 2.66. The van der Waals surface area contributed by atoms with Crippen LogP contribution in [0.5, 0.6) is 11.5 Å². The molecule has 3 rings (SSSR count). The van der Waals surface area contributed by atoms with Crippen LogP contribution in [0.15, 0.2) is 40.9 Å². The van der Waals surface area contributed by atoms with E-state index in [9.17, 15) is 19.8 Å². The Hall–Kier alpha value is -2.34. The number of carbonyl (C=O) groups excluding carboxylic acids is 2. The number of benzene rings is 2. The van der Waals surface area contributed by atoms with Crippen LogP contribution in [0.1, 0.15) is 26.3 Å². The summed E-state index contributed by atoms with van der Waals surface area (Å²) in [6.45, 7) is 0.0912. The van der Waals surface area contributed by atoms with Crippen molar-refractivity contribution in [3.8, 4) is 11.5 Å². The summed E-state index contributed by atoms with van der Waals surface area (Å²) in [5, 5.41) is 19.2. The van der Waals surface area contributed by atoms with Crippen LogP contribution in [0.2, 0.25) is 0 Å². The number of halogens is 1. The van der Waals surface area contributed by atoms with Crippen molar-refractivity contribution in [1.29, 1.82) is 0 Å². The molecule has 0 aliphatic carbocycles. The van der Waals surface area contributed by atoms with Crippen molar-refractivity contribution in [3.63, 3.8) is 0 Å². The number of nitrogens with zero attached hydrogens (tertiary/aromatic N) is 1. The fraction of sp³-hybridized carbons (Fsp3) is 0.0667. The van der Waals surface area contributed by atoms with Gasteiger partial charge in [0.2, 0.25) is 0 Å². The highest BCUT2D eigenvalue weighted by Crippen LogP contribution is 2.35. The second-order valence-electron chi connectivity index (χ2n) is 4.68. The first-order chi connectivity index (χ1) is 9.99. The molecule has 0 atom stereocenters. The topological polar surface area (TPSA) is 77.8 Å². The molecule has 0 unspecified atom stereocenters. The second-order valence-corrected chi connectivity index (χ2v) is 5.53. The number of rotatable bonds is 2. The minimum atomic E-state index is -0.566. The van der Waals surface area contributed by atoms with Gasteiger partial charge in [0.05, 0.1) is 17.7 Å². The lowest BCUT2D eigenvalue weighted by molar-refractivity contribution is 0.0641. The van der Waals surface area contributed by atoms with Gasteiger partial charge in [-0.25, -0.2) is 0 Å². The molecule has 2 N–H and O–H groups in total. The molecular formula is C15H10BrNO4. The van der Waals surface area contributed by atoms with Crippen LogP contribution < -0.4 is 0 Å².